The predicted molar refractivity (Wildman–Crippen MR) is 139 cm³/mol. The van der Waals surface area contributed by atoms with Gasteiger partial charge < -0.3 is 16.0 Å². The van der Waals surface area contributed by atoms with Gasteiger partial charge in [-0.3, -0.25) is 9.59 Å². The second kappa shape index (κ2) is 11.3. The third-order valence-corrected chi connectivity index (χ3v) is 5.99. The molecule has 0 aliphatic heterocycles. The van der Waals surface area contributed by atoms with Crippen LogP contribution < -0.4 is 11.1 Å². The predicted octanol–water partition coefficient (Wildman–Crippen LogP) is 5.88. The van der Waals surface area contributed by atoms with Crippen molar-refractivity contribution >= 4 is 29.1 Å². The fourth-order valence-electron chi connectivity index (χ4n) is 3.60. The first-order chi connectivity index (χ1) is 16.2. The van der Waals surface area contributed by atoms with Crippen LogP contribution >= 0.6 is 11.6 Å². The summed E-state index contributed by atoms with van der Waals surface area (Å²) >= 11 is 6.46. The molecule has 0 bridgehead atoms. The van der Waals surface area contributed by atoms with Crippen molar-refractivity contribution in [3.8, 4) is 0 Å². The normalized spacial score (nSPS) is 11.2. The number of carbonyl (C=O) groups is 2. The smallest absolute Gasteiger partial charge is 0.255 e. The Morgan fingerprint density at radius 3 is 2.24 bits per heavy atom. The number of carbonyl (C=O) groups excluding carboxylic acids is 2. The van der Waals surface area contributed by atoms with E-state index >= 15 is 0 Å². The molecule has 0 radical (unpaired) electrons. The molecule has 0 fully saturated rings. The lowest BCUT2D eigenvalue weighted by Crippen LogP contribution is -2.32. The van der Waals surface area contributed by atoms with Gasteiger partial charge in [-0.2, -0.15) is 0 Å². The Labute approximate surface area is 206 Å². The van der Waals surface area contributed by atoms with Crippen molar-refractivity contribution in [2.24, 2.45) is 5.73 Å². The number of hydrogen-bond acceptors (Lipinski definition) is 3. The molecule has 0 saturated heterocycles. The van der Waals surface area contributed by atoms with Crippen molar-refractivity contribution in [2.45, 2.75) is 39.2 Å². The Bertz CT molecular complexity index is 1120. The first kappa shape index (κ1) is 25.5. The topological polar surface area (TPSA) is 75.4 Å². The van der Waals surface area contributed by atoms with Gasteiger partial charge in [-0.15, -0.1) is 0 Å². The largest absolute Gasteiger partial charge is 0.334 e. The zero-order valence-electron chi connectivity index (χ0n) is 20.0. The Hall–Kier alpha value is -3.15. The van der Waals surface area contributed by atoms with Gasteiger partial charge in [-0.1, -0.05) is 62.7 Å². The maximum atomic E-state index is 13.1. The van der Waals surface area contributed by atoms with Crippen LogP contribution in [0.2, 0.25) is 5.02 Å². The van der Waals surface area contributed by atoms with Crippen LogP contribution in [0.25, 0.3) is 0 Å². The zero-order chi connectivity index (χ0) is 24.7. The fourth-order valence-corrected chi connectivity index (χ4v) is 3.78. The molecule has 0 spiro atoms. The summed E-state index contributed by atoms with van der Waals surface area (Å²) in [4.78, 5) is 27.6. The first-order valence-electron chi connectivity index (χ1n) is 11.4. The van der Waals surface area contributed by atoms with E-state index in [4.69, 9.17) is 17.3 Å². The Morgan fingerprint density at radius 2 is 1.62 bits per heavy atom. The summed E-state index contributed by atoms with van der Waals surface area (Å²) in [5, 5.41) is 3.47. The molecule has 5 nitrogen and oxygen atoms in total. The zero-order valence-corrected chi connectivity index (χ0v) is 20.7. The summed E-state index contributed by atoms with van der Waals surface area (Å²) in [7, 11) is 0. The molecule has 0 unspecified atom stereocenters. The molecule has 3 aromatic rings. The number of rotatable bonds is 8. The summed E-state index contributed by atoms with van der Waals surface area (Å²) in [5.41, 5.74) is 9.44. The number of hydrogen-bond donors (Lipinski definition) is 2. The summed E-state index contributed by atoms with van der Waals surface area (Å²) in [6.07, 6.45) is 0.678. The third kappa shape index (κ3) is 6.69. The van der Waals surface area contributed by atoms with Crippen molar-refractivity contribution in [1.82, 2.24) is 4.90 Å². The van der Waals surface area contributed by atoms with Crippen molar-refractivity contribution in [3.05, 3.63) is 100 Å². The molecule has 3 rings (SSSR count). The average Bonchev–Trinajstić information content (AvgIpc) is 2.83. The minimum absolute atomic E-state index is 0.0209. The van der Waals surface area contributed by atoms with Crippen LogP contribution in [0, 0.1) is 0 Å². The van der Waals surface area contributed by atoms with E-state index in [0.29, 0.717) is 47.9 Å². The standard InChI is InChI=1S/C28H32ClN3O2/c1-28(2,3)23-12-10-20(11-13-23)26(33)31-24-14-15-25(29)22(18-24)19-32(17-7-16-30)27(34)21-8-5-4-6-9-21/h4-6,8-15,18H,7,16-17,19,30H2,1-3H3,(H,31,33). The highest BCUT2D eigenvalue weighted by Gasteiger charge is 2.18. The van der Waals surface area contributed by atoms with E-state index in [9.17, 15) is 9.59 Å². The van der Waals surface area contributed by atoms with E-state index in [1.807, 2.05) is 48.5 Å². The monoisotopic (exact) mass is 477 g/mol. The third-order valence-electron chi connectivity index (χ3n) is 5.62. The molecular formula is C28H32ClN3O2. The molecule has 178 valence electrons. The number of benzene rings is 3. The van der Waals surface area contributed by atoms with Crippen LogP contribution in [0.1, 0.15) is 59.0 Å². The van der Waals surface area contributed by atoms with E-state index in [0.717, 1.165) is 5.56 Å². The van der Waals surface area contributed by atoms with Crippen LogP contribution in [0.3, 0.4) is 0 Å². The SMILES string of the molecule is CC(C)(C)c1ccc(C(=O)Nc2ccc(Cl)c(CN(CCCN)C(=O)c3ccccc3)c2)cc1. The molecular weight excluding hydrogens is 446 g/mol. The fraction of sp³-hybridized carbons (Fsp3) is 0.286. The van der Waals surface area contributed by atoms with E-state index in [2.05, 4.69) is 26.1 Å². The number of anilines is 1. The molecule has 34 heavy (non-hydrogen) atoms. The van der Waals surface area contributed by atoms with Crippen LogP contribution in [0.5, 0.6) is 0 Å². The van der Waals surface area contributed by atoms with Crippen LogP contribution in [0.15, 0.2) is 72.8 Å². The van der Waals surface area contributed by atoms with Gasteiger partial charge in [0, 0.05) is 34.9 Å². The average molecular weight is 478 g/mol. The van der Waals surface area contributed by atoms with Gasteiger partial charge in [-0.05, 0) is 72.0 Å². The number of nitrogens with two attached hydrogens (primary N) is 1. The lowest BCUT2D eigenvalue weighted by molar-refractivity contribution is 0.0742. The lowest BCUT2D eigenvalue weighted by Gasteiger charge is -2.24. The highest BCUT2D eigenvalue weighted by atomic mass is 35.5. The number of nitrogens with zero attached hydrogens (tertiary/aromatic N) is 1. The van der Waals surface area contributed by atoms with Gasteiger partial charge in [-0.25, -0.2) is 0 Å². The lowest BCUT2D eigenvalue weighted by atomic mass is 9.87. The number of halogens is 1. The van der Waals surface area contributed by atoms with E-state index < -0.39 is 0 Å². The van der Waals surface area contributed by atoms with E-state index in [1.54, 1.807) is 29.2 Å². The van der Waals surface area contributed by atoms with Gasteiger partial charge in [0.15, 0.2) is 0 Å². The van der Waals surface area contributed by atoms with Gasteiger partial charge in [0.1, 0.15) is 0 Å². The van der Waals surface area contributed by atoms with Gasteiger partial charge >= 0.3 is 0 Å². The molecule has 3 aromatic carbocycles. The van der Waals surface area contributed by atoms with Gasteiger partial charge in [0.05, 0.1) is 0 Å². The van der Waals surface area contributed by atoms with Crippen LogP contribution in [0.4, 0.5) is 5.69 Å². The quantitative estimate of drug-likeness (QED) is 0.425. The molecule has 3 N–H and O–H groups in total. The van der Waals surface area contributed by atoms with Crippen molar-refractivity contribution < 1.29 is 9.59 Å². The molecule has 0 aliphatic rings. The molecule has 0 saturated carbocycles. The highest BCUT2D eigenvalue weighted by Crippen LogP contribution is 2.25. The van der Waals surface area contributed by atoms with Crippen molar-refractivity contribution in [3.63, 3.8) is 0 Å². The van der Waals surface area contributed by atoms with Crippen LogP contribution in [-0.4, -0.2) is 29.8 Å². The maximum Gasteiger partial charge on any atom is 0.255 e. The first-order valence-corrected chi connectivity index (χ1v) is 11.8. The second-order valence-electron chi connectivity index (χ2n) is 9.32. The number of amides is 2. The molecule has 0 aliphatic carbocycles. The van der Waals surface area contributed by atoms with Gasteiger partial charge in [0.2, 0.25) is 0 Å². The molecule has 6 heteroatoms. The molecule has 0 aromatic heterocycles. The van der Waals surface area contributed by atoms with E-state index in [1.165, 1.54) is 5.56 Å². The summed E-state index contributed by atoms with van der Waals surface area (Å²) in [6, 6.07) is 22.1. The summed E-state index contributed by atoms with van der Waals surface area (Å²) in [6.45, 7) is 7.72. The molecule has 0 heterocycles. The van der Waals surface area contributed by atoms with Crippen molar-refractivity contribution in [2.75, 3.05) is 18.4 Å². The molecule has 2 amide bonds. The van der Waals surface area contributed by atoms with Crippen LogP contribution in [-0.2, 0) is 12.0 Å². The maximum absolute atomic E-state index is 13.1. The molecule has 0 atom stereocenters. The highest BCUT2D eigenvalue weighted by molar-refractivity contribution is 6.31. The second-order valence-corrected chi connectivity index (χ2v) is 9.73. The van der Waals surface area contributed by atoms with Crippen molar-refractivity contribution in [1.29, 1.82) is 0 Å². The summed E-state index contributed by atoms with van der Waals surface area (Å²) in [5.74, 6) is -0.285. The Balaban J connectivity index is 1.77. The Morgan fingerprint density at radius 1 is 0.941 bits per heavy atom. The van der Waals surface area contributed by atoms with Gasteiger partial charge in [0.25, 0.3) is 11.8 Å². The van der Waals surface area contributed by atoms with E-state index in [-0.39, 0.29) is 17.2 Å². The summed E-state index contributed by atoms with van der Waals surface area (Å²) < 4.78 is 0. The minimum Gasteiger partial charge on any atom is -0.334 e. The Kier molecular flexibility index (Phi) is 8.48. The number of nitrogens with one attached hydrogen (secondary N) is 1. The minimum atomic E-state index is -0.200.